The second-order valence-corrected chi connectivity index (χ2v) is 8.46. The molecule has 0 bridgehead atoms. The summed E-state index contributed by atoms with van der Waals surface area (Å²) in [7, 11) is 0. The van der Waals surface area contributed by atoms with Gasteiger partial charge in [-0.25, -0.2) is 4.98 Å². The molecule has 0 aliphatic carbocycles. The fourth-order valence-corrected chi connectivity index (χ4v) is 3.93. The number of hydrogen-bond acceptors (Lipinski definition) is 4. The number of benzene rings is 1. The van der Waals surface area contributed by atoms with Crippen molar-refractivity contribution >= 4 is 29.9 Å². The molecule has 1 aromatic heterocycles. The third-order valence-electron chi connectivity index (χ3n) is 5.48. The zero-order chi connectivity index (χ0) is 20.7. The Kier molecular flexibility index (Phi) is 9.54. The maximum atomic E-state index is 4.98. The molecule has 30 heavy (non-hydrogen) atoms. The molecule has 1 aliphatic rings. The first-order valence-electron chi connectivity index (χ1n) is 10.7. The lowest BCUT2D eigenvalue weighted by Crippen LogP contribution is -2.48. The average Bonchev–Trinajstić information content (AvgIpc) is 3.26. The number of aromatic amines is 1. The van der Waals surface area contributed by atoms with Crippen LogP contribution in [0.2, 0.25) is 0 Å². The van der Waals surface area contributed by atoms with Gasteiger partial charge in [0.1, 0.15) is 12.2 Å². The Morgan fingerprint density at radius 3 is 2.57 bits per heavy atom. The van der Waals surface area contributed by atoms with Gasteiger partial charge in [-0.05, 0) is 46.1 Å². The predicted octanol–water partition coefficient (Wildman–Crippen LogP) is 3.70. The third kappa shape index (κ3) is 6.94. The number of guanidine groups is 1. The van der Waals surface area contributed by atoms with E-state index < -0.39 is 0 Å². The minimum absolute atomic E-state index is 0. The van der Waals surface area contributed by atoms with E-state index in [0.29, 0.717) is 12.5 Å². The molecular formula is C22H36IN7. The Hall–Kier alpha value is -1.68. The maximum Gasteiger partial charge on any atom is 0.193 e. The van der Waals surface area contributed by atoms with E-state index in [2.05, 4.69) is 88.7 Å². The van der Waals surface area contributed by atoms with Gasteiger partial charge in [0.2, 0.25) is 0 Å². The molecule has 1 atom stereocenters. The molecule has 1 aromatic carbocycles. The lowest BCUT2D eigenvalue weighted by Gasteiger charge is -2.34. The van der Waals surface area contributed by atoms with Crippen LogP contribution in [-0.4, -0.2) is 57.8 Å². The van der Waals surface area contributed by atoms with Crippen LogP contribution in [0.25, 0.3) is 0 Å². The van der Waals surface area contributed by atoms with E-state index in [1.807, 2.05) is 0 Å². The topological polar surface area (TPSA) is 81.2 Å². The summed E-state index contributed by atoms with van der Waals surface area (Å²) in [5, 5.41) is 14.2. The number of piperidine rings is 1. The normalized spacial score (nSPS) is 16.8. The number of aromatic nitrogens is 3. The SMILES string of the molecule is CCNC(=NCC(C)(C)NC(C)c1ccccc1)N1CCC(c2ncn[nH]2)CC1.I. The fourth-order valence-electron chi connectivity index (χ4n) is 3.93. The number of halogens is 1. The second kappa shape index (κ2) is 11.6. The largest absolute Gasteiger partial charge is 0.357 e. The minimum Gasteiger partial charge on any atom is -0.357 e. The van der Waals surface area contributed by atoms with Crippen LogP contribution >= 0.6 is 24.0 Å². The van der Waals surface area contributed by atoms with Gasteiger partial charge in [0.05, 0.1) is 6.54 Å². The molecule has 0 amide bonds. The number of aliphatic imine (C=N–C) groups is 1. The Balaban J connectivity index is 0.00000320. The molecule has 1 saturated heterocycles. The Labute approximate surface area is 197 Å². The molecule has 0 saturated carbocycles. The number of rotatable bonds is 7. The van der Waals surface area contributed by atoms with Crippen LogP contribution in [0.4, 0.5) is 0 Å². The van der Waals surface area contributed by atoms with Crippen molar-refractivity contribution in [1.29, 1.82) is 0 Å². The molecule has 1 fully saturated rings. The zero-order valence-electron chi connectivity index (χ0n) is 18.6. The van der Waals surface area contributed by atoms with E-state index in [1.165, 1.54) is 5.56 Å². The minimum atomic E-state index is -0.103. The molecule has 2 aromatic rings. The van der Waals surface area contributed by atoms with Crippen LogP contribution in [0.3, 0.4) is 0 Å². The fraction of sp³-hybridized carbons (Fsp3) is 0.591. The van der Waals surface area contributed by atoms with Gasteiger partial charge in [0.15, 0.2) is 5.96 Å². The molecule has 166 valence electrons. The van der Waals surface area contributed by atoms with Crippen molar-refractivity contribution in [3.05, 3.63) is 48.0 Å². The summed E-state index contributed by atoms with van der Waals surface area (Å²) in [4.78, 5) is 11.7. The van der Waals surface area contributed by atoms with E-state index in [1.54, 1.807) is 6.33 Å². The van der Waals surface area contributed by atoms with Gasteiger partial charge in [-0.15, -0.1) is 24.0 Å². The average molecular weight is 525 g/mol. The highest BCUT2D eigenvalue weighted by molar-refractivity contribution is 14.0. The molecule has 0 spiro atoms. The zero-order valence-corrected chi connectivity index (χ0v) is 20.9. The molecule has 2 heterocycles. The van der Waals surface area contributed by atoms with Crippen molar-refractivity contribution in [2.24, 2.45) is 4.99 Å². The lowest BCUT2D eigenvalue weighted by atomic mass is 9.96. The van der Waals surface area contributed by atoms with Crippen molar-refractivity contribution in [2.45, 2.75) is 58.0 Å². The Morgan fingerprint density at radius 1 is 1.27 bits per heavy atom. The van der Waals surface area contributed by atoms with E-state index in [9.17, 15) is 0 Å². The number of nitrogens with zero attached hydrogens (tertiary/aromatic N) is 4. The van der Waals surface area contributed by atoms with Crippen LogP contribution in [0.1, 0.15) is 63.9 Å². The monoisotopic (exact) mass is 525 g/mol. The molecule has 1 unspecified atom stereocenters. The molecular weight excluding hydrogens is 489 g/mol. The highest BCUT2D eigenvalue weighted by Gasteiger charge is 2.25. The number of hydrogen-bond donors (Lipinski definition) is 3. The number of H-pyrrole nitrogens is 1. The summed E-state index contributed by atoms with van der Waals surface area (Å²) < 4.78 is 0. The quantitative estimate of drug-likeness (QED) is 0.292. The van der Waals surface area contributed by atoms with Crippen LogP contribution in [0.5, 0.6) is 0 Å². The molecule has 1 aliphatic heterocycles. The van der Waals surface area contributed by atoms with Gasteiger partial charge in [0, 0.05) is 37.1 Å². The first-order chi connectivity index (χ1) is 14.0. The van der Waals surface area contributed by atoms with Gasteiger partial charge >= 0.3 is 0 Å². The molecule has 3 N–H and O–H groups in total. The smallest absolute Gasteiger partial charge is 0.193 e. The third-order valence-corrected chi connectivity index (χ3v) is 5.48. The van der Waals surface area contributed by atoms with Gasteiger partial charge in [-0.3, -0.25) is 10.1 Å². The van der Waals surface area contributed by atoms with E-state index in [-0.39, 0.29) is 35.6 Å². The number of nitrogens with one attached hydrogen (secondary N) is 3. The second-order valence-electron chi connectivity index (χ2n) is 8.46. The summed E-state index contributed by atoms with van der Waals surface area (Å²) >= 11 is 0. The van der Waals surface area contributed by atoms with Crippen LogP contribution in [0, 0.1) is 0 Å². The predicted molar refractivity (Wildman–Crippen MR) is 133 cm³/mol. The highest BCUT2D eigenvalue weighted by Crippen LogP contribution is 2.25. The Morgan fingerprint density at radius 2 is 1.97 bits per heavy atom. The lowest BCUT2D eigenvalue weighted by molar-refractivity contribution is 0.296. The van der Waals surface area contributed by atoms with Crippen molar-refractivity contribution in [2.75, 3.05) is 26.2 Å². The van der Waals surface area contributed by atoms with Gasteiger partial charge < -0.3 is 15.5 Å². The van der Waals surface area contributed by atoms with Gasteiger partial charge in [0.25, 0.3) is 0 Å². The molecule has 0 radical (unpaired) electrons. The highest BCUT2D eigenvalue weighted by atomic mass is 127. The summed E-state index contributed by atoms with van der Waals surface area (Å²) in [6.07, 6.45) is 3.72. The summed E-state index contributed by atoms with van der Waals surface area (Å²) in [6, 6.07) is 10.8. The van der Waals surface area contributed by atoms with E-state index in [0.717, 1.165) is 44.3 Å². The number of likely N-dealkylation sites (tertiary alicyclic amines) is 1. The van der Waals surface area contributed by atoms with Crippen LogP contribution in [0.15, 0.2) is 41.7 Å². The Bertz CT molecular complexity index is 753. The first kappa shape index (κ1) is 24.6. The van der Waals surface area contributed by atoms with Gasteiger partial charge in [-0.1, -0.05) is 30.3 Å². The summed E-state index contributed by atoms with van der Waals surface area (Å²) in [5.41, 5.74) is 1.19. The van der Waals surface area contributed by atoms with Crippen molar-refractivity contribution in [3.63, 3.8) is 0 Å². The van der Waals surface area contributed by atoms with Gasteiger partial charge in [-0.2, -0.15) is 5.10 Å². The van der Waals surface area contributed by atoms with Crippen LogP contribution in [-0.2, 0) is 0 Å². The van der Waals surface area contributed by atoms with E-state index in [4.69, 9.17) is 4.99 Å². The maximum absolute atomic E-state index is 4.98. The molecule has 8 heteroatoms. The van der Waals surface area contributed by atoms with E-state index >= 15 is 0 Å². The molecule has 7 nitrogen and oxygen atoms in total. The summed E-state index contributed by atoms with van der Waals surface area (Å²) in [5.74, 6) is 2.47. The van der Waals surface area contributed by atoms with Crippen molar-refractivity contribution in [3.8, 4) is 0 Å². The van der Waals surface area contributed by atoms with Crippen molar-refractivity contribution in [1.82, 2.24) is 30.7 Å². The van der Waals surface area contributed by atoms with Crippen molar-refractivity contribution < 1.29 is 0 Å². The first-order valence-corrected chi connectivity index (χ1v) is 10.7. The summed E-state index contributed by atoms with van der Waals surface area (Å²) in [6.45, 7) is 12.3. The standard InChI is InChI=1S/C22H35N7.HI/c1-5-23-21(29-13-11-19(12-14-29)20-25-16-26-28-20)24-15-22(3,4)27-17(2)18-9-7-6-8-10-18;/h6-10,16-17,19,27H,5,11-15H2,1-4H3,(H,23,24)(H,25,26,28);1H. The van der Waals surface area contributed by atoms with Crippen LogP contribution < -0.4 is 10.6 Å². The molecule has 3 rings (SSSR count).